The predicted molar refractivity (Wildman–Crippen MR) is 64.8 cm³/mol. The number of nitriles is 1. The van der Waals surface area contributed by atoms with Gasteiger partial charge < -0.3 is 11.1 Å². The zero-order valence-corrected chi connectivity index (χ0v) is 9.67. The smallest absolute Gasteiger partial charge is 0.312 e. The molecule has 0 bridgehead atoms. The van der Waals surface area contributed by atoms with Gasteiger partial charge >= 0.3 is 5.69 Å². The number of hydrogen-bond donors (Lipinski definition) is 2. The Hall–Kier alpha value is -2.20. The molecule has 0 radical (unpaired) electrons. The van der Waals surface area contributed by atoms with Gasteiger partial charge in [-0.25, -0.2) is 4.98 Å². The van der Waals surface area contributed by atoms with Gasteiger partial charge in [0.05, 0.1) is 10.5 Å². The number of rotatable bonds is 5. The van der Waals surface area contributed by atoms with Gasteiger partial charge in [-0.15, -0.1) is 0 Å². The van der Waals surface area contributed by atoms with Gasteiger partial charge in [0.25, 0.3) is 0 Å². The van der Waals surface area contributed by atoms with E-state index in [-0.39, 0.29) is 23.1 Å². The molecule has 18 heavy (non-hydrogen) atoms. The van der Waals surface area contributed by atoms with Gasteiger partial charge in [-0.05, 0) is 18.8 Å². The third-order valence-corrected chi connectivity index (χ3v) is 2.96. The van der Waals surface area contributed by atoms with Crippen LogP contribution in [0.15, 0.2) is 12.3 Å². The number of nitrogens with one attached hydrogen (secondary N) is 1. The van der Waals surface area contributed by atoms with Crippen molar-refractivity contribution in [2.75, 3.05) is 11.9 Å². The summed E-state index contributed by atoms with van der Waals surface area (Å²) in [5, 5.41) is 22.6. The molecule has 1 aliphatic carbocycles. The van der Waals surface area contributed by atoms with E-state index in [4.69, 9.17) is 11.0 Å². The highest BCUT2D eigenvalue weighted by Crippen LogP contribution is 2.35. The first-order valence-electron chi connectivity index (χ1n) is 5.67. The number of nitrogens with zero attached hydrogens (tertiary/aromatic N) is 3. The monoisotopic (exact) mass is 247 g/mol. The Morgan fingerprint density at radius 3 is 2.94 bits per heavy atom. The van der Waals surface area contributed by atoms with E-state index >= 15 is 0 Å². The van der Waals surface area contributed by atoms with Gasteiger partial charge in [0, 0.05) is 24.8 Å². The van der Waals surface area contributed by atoms with E-state index in [0.29, 0.717) is 12.5 Å². The molecule has 7 nitrogen and oxygen atoms in total. The minimum absolute atomic E-state index is 0.00383. The lowest BCUT2D eigenvalue weighted by molar-refractivity contribution is -0.384. The maximum Gasteiger partial charge on any atom is 0.312 e. The van der Waals surface area contributed by atoms with Crippen LogP contribution < -0.4 is 11.1 Å². The van der Waals surface area contributed by atoms with E-state index in [1.165, 1.54) is 12.3 Å². The molecule has 1 fully saturated rings. The molecule has 1 atom stereocenters. The largest absolute Gasteiger partial charge is 0.360 e. The van der Waals surface area contributed by atoms with E-state index in [1.54, 1.807) is 0 Å². The Kier molecular flexibility index (Phi) is 3.39. The summed E-state index contributed by atoms with van der Waals surface area (Å²) >= 11 is 0. The maximum absolute atomic E-state index is 10.9. The van der Waals surface area contributed by atoms with E-state index in [0.717, 1.165) is 12.8 Å². The summed E-state index contributed by atoms with van der Waals surface area (Å²) in [6.45, 7) is 0.406. The third-order valence-electron chi connectivity index (χ3n) is 2.96. The Labute approximate surface area is 104 Å². The van der Waals surface area contributed by atoms with Crippen LogP contribution >= 0.6 is 0 Å². The van der Waals surface area contributed by atoms with Crippen molar-refractivity contribution in [3.8, 4) is 6.07 Å². The van der Waals surface area contributed by atoms with Crippen LogP contribution in [0.1, 0.15) is 18.4 Å². The SMILES string of the molecule is N#Cc1cnc(NC(CN)C2CC2)c([N+](=O)[O-])c1. The summed E-state index contributed by atoms with van der Waals surface area (Å²) in [6.07, 6.45) is 3.48. The Bertz CT molecular complexity index is 507. The summed E-state index contributed by atoms with van der Waals surface area (Å²) in [5.74, 6) is 0.647. The quantitative estimate of drug-likeness (QED) is 0.592. The van der Waals surface area contributed by atoms with Gasteiger partial charge in [-0.1, -0.05) is 0 Å². The molecular weight excluding hydrogens is 234 g/mol. The minimum Gasteiger partial charge on any atom is -0.360 e. The van der Waals surface area contributed by atoms with Crippen LogP contribution in [-0.4, -0.2) is 22.5 Å². The van der Waals surface area contributed by atoms with Crippen molar-refractivity contribution >= 4 is 11.5 Å². The Morgan fingerprint density at radius 1 is 1.72 bits per heavy atom. The molecule has 1 aromatic rings. The first-order chi connectivity index (χ1) is 8.65. The highest BCUT2D eigenvalue weighted by atomic mass is 16.6. The maximum atomic E-state index is 10.9. The van der Waals surface area contributed by atoms with E-state index in [9.17, 15) is 10.1 Å². The number of nitrogens with two attached hydrogens (primary N) is 1. The average molecular weight is 247 g/mol. The second-order valence-electron chi connectivity index (χ2n) is 4.28. The van der Waals surface area contributed by atoms with Crippen molar-refractivity contribution in [1.29, 1.82) is 5.26 Å². The van der Waals surface area contributed by atoms with Crippen molar-refractivity contribution in [3.05, 3.63) is 27.9 Å². The molecule has 0 aliphatic heterocycles. The fraction of sp³-hybridized carbons (Fsp3) is 0.455. The van der Waals surface area contributed by atoms with Gasteiger partial charge in [-0.3, -0.25) is 10.1 Å². The fourth-order valence-electron chi connectivity index (χ4n) is 1.81. The third kappa shape index (κ3) is 2.55. The second kappa shape index (κ2) is 4.98. The van der Waals surface area contributed by atoms with Crippen LogP contribution in [0.4, 0.5) is 11.5 Å². The topological polar surface area (TPSA) is 118 Å². The Balaban J connectivity index is 2.26. The van der Waals surface area contributed by atoms with Crippen LogP contribution in [-0.2, 0) is 0 Å². The molecule has 0 spiro atoms. The van der Waals surface area contributed by atoms with Gasteiger partial charge in [-0.2, -0.15) is 5.26 Å². The summed E-state index contributed by atoms with van der Waals surface area (Å²) in [7, 11) is 0. The highest BCUT2D eigenvalue weighted by molar-refractivity contribution is 5.58. The lowest BCUT2D eigenvalue weighted by Crippen LogP contribution is -2.31. The molecule has 1 heterocycles. The summed E-state index contributed by atoms with van der Waals surface area (Å²) in [5.41, 5.74) is 5.61. The average Bonchev–Trinajstić information content (AvgIpc) is 3.20. The fourth-order valence-corrected chi connectivity index (χ4v) is 1.81. The van der Waals surface area contributed by atoms with Crippen LogP contribution in [0, 0.1) is 27.4 Å². The normalized spacial score (nSPS) is 15.8. The predicted octanol–water partition coefficient (Wildman–Crippen LogP) is 1.01. The molecule has 2 rings (SSSR count). The van der Waals surface area contributed by atoms with E-state index in [1.807, 2.05) is 6.07 Å². The number of aromatic nitrogens is 1. The number of pyridine rings is 1. The Morgan fingerprint density at radius 2 is 2.44 bits per heavy atom. The molecular formula is C11H13N5O2. The first-order valence-corrected chi connectivity index (χ1v) is 5.67. The number of nitro groups is 1. The second-order valence-corrected chi connectivity index (χ2v) is 4.28. The molecule has 1 saturated carbocycles. The zero-order valence-electron chi connectivity index (χ0n) is 9.67. The molecule has 0 aromatic carbocycles. The van der Waals surface area contributed by atoms with Crippen LogP contribution in [0.2, 0.25) is 0 Å². The molecule has 1 aliphatic rings. The van der Waals surface area contributed by atoms with E-state index in [2.05, 4.69) is 10.3 Å². The molecule has 1 aromatic heterocycles. The van der Waals surface area contributed by atoms with Crippen LogP contribution in [0.25, 0.3) is 0 Å². The summed E-state index contributed by atoms with van der Waals surface area (Å²) in [4.78, 5) is 14.3. The van der Waals surface area contributed by atoms with Crippen molar-refractivity contribution in [2.24, 2.45) is 11.7 Å². The molecule has 1 unspecified atom stereocenters. The van der Waals surface area contributed by atoms with E-state index < -0.39 is 4.92 Å². The van der Waals surface area contributed by atoms with Gasteiger partial charge in [0.1, 0.15) is 6.07 Å². The molecule has 0 saturated heterocycles. The van der Waals surface area contributed by atoms with Crippen LogP contribution in [0.3, 0.4) is 0 Å². The van der Waals surface area contributed by atoms with Crippen molar-refractivity contribution in [3.63, 3.8) is 0 Å². The highest BCUT2D eigenvalue weighted by Gasteiger charge is 2.32. The van der Waals surface area contributed by atoms with Crippen molar-refractivity contribution in [1.82, 2.24) is 4.98 Å². The molecule has 7 heteroatoms. The standard InChI is InChI=1S/C11H13N5O2/c12-4-7-3-10(16(17)18)11(14-6-7)15-9(5-13)8-1-2-8/h3,6,8-9H,1-2,5,13H2,(H,14,15). The van der Waals surface area contributed by atoms with Crippen LogP contribution in [0.5, 0.6) is 0 Å². The lowest BCUT2D eigenvalue weighted by Gasteiger charge is -2.16. The molecule has 94 valence electrons. The minimum atomic E-state index is -0.545. The zero-order chi connectivity index (χ0) is 13.1. The van der Waals surface area contributed by atoms with Crippen molar-refractivity contribution in [2.45, 2.75) is 18.9 Å². The molecule has 0 amide bonds. The lowest BCUT2D eigenvalue weighted by atomic mass is 10.2. The van der Waals surface area contributed by atoms with Crippen molar-refractivity contribution < 1.29 is 4.92 Å². The van der Waals surface area contributed by atoms with Gasteiger partial charge in [0.15, 0.2) is 0 Å². The molecule has 3 N–H and O–H groups in total. The summed E-state index contributed by atoms with van der Waals surface area (Å²) < 4.78 is 0. The summed E-state index contributed by atoms with van der Waals surface area (Å²) in [6, 6.07) is 3.05. The number of anilines is 1. The first kappa shape index (κ1) is 12.3. The van der Waals surface area contributed by atoms with Gasteiger partial charge in [0.2, 0.25) is 5.82 Å². The number of hydrogen-bond acceptors (Lipinski definition) is 6.